The molecule has 2 nitrogen and oxygen atoms in total. The van der Waals surface area contributed by atoms with E-state index in [-0.39, 0.29) is 12.2 Å². The molecule has 0 saturated carbocycles. The van der Waals surface area contributed by atoms with Gasteiger partial charge >= 0.3 is 0 Å². The van der Waals surface area contributed by atoms with Gasteiger partial charge in [0, 0.05) is 11.9 Å². The van der Waals surface area contributed by atoms with Gasteiger partial charge in [0.15, 0.2) is 0 Å². The molecular weight excluding hydrogens is 232 g/mol. The second kappa shape index (κ2) is 6.80. The van der Waals surface area contributed by atoms with Crippen LogP contribution in [0.1, 0.15) is 38.5 Å². The quantitative estimate of drug-likeness (QED) is 0.600. The molecule has 13 heavy (non-hydrogen) atoms. The Labute approximate surface area is 88.8 Å². The van der Waals surface area contributed by atoms with E-state index in [1.54, 1.807) is 0 Å². The van der Waals surface area contributed by atoms with Crippen molar-refractivity contribution in [3.05, 3.63) is 0 Å². The van der Waals surface area contributed by atoms with Crippen LogP contribution in [0.3, 0.4) is 0 Å². The summed E-state index contributed by atoms with van der Waals surface area (Å²) in [6.07, 6.45) is 6.40. The zero-order valence-corrected chi connectivity index (χ0v) is 9.63. The second-order valence-corrected chi connectivity index (χ2v) is 4.45. The molecule has 0 aromatic heterocycles. The van der Waals surface area contributed by atoms with Crippen LogP contribution in [0.15, 0.2) is 0 Å². The standard InChI is InChI=1S/C10H19BrO2/c11-7-3-1-5-9(12)10-6-2-4-8-13-10/h9-10,12H,1-8H2. The number of hydrogen-bond donors (Lipinski definition) is 1. The fraction of sp³-hybridized carbons (Fsp3) is 1.00. The van der Waals surface area contributed by atoms with Crippen LogP contribution in [-0.4, -0.2) is 29.3 Å². The minimum absolute atomic E-state index is 0.115. The van der Waals surface area contributed by atoms with Gasteiger partial charge in [-0.2, -0.15) is 0 Å². The summed E-state index contributed by atoms with van der Waals surface area (Å²) >= 11 is 3.38. The van der Waals surface area contributed by atoms with Crippen molar-refractivity contribution >= 4 is 15.9 Å². The molecule has 0 radical (unpaired) electrons. The topological polar surface area (TPSA) is 29.5 Å². The molecule has 2 atom stereocenters. The van der Waals surface area contributed by atoms with Gasteiger partial charge in [-0.1, -0.05) is 15.9 Å². The molecule has 2 unspecified atom stereocenters. The summed E-state index contributed by atoms with van der Waals surface area (Å²) in [4.78, 5) is 0. The van der Waals surface area contributed by atoms with Gasteiger partial charge < -0.3 is 9.84 Å². The van der Waals surface area contributed by atoms with E-state index in [2.05, 4.69) is 15.9 Å². The first-order chi connectivity index (χ1) is 6.34. The number of hydrogen-bond acceptors (Lipinski definition) is 2. The first-order valence-electron chi connectivity index (χ1n) is 5.20. The molecular formula is C10H19BrO2. The highest BCUT2D eigenvalue weighted by atomic mass is 79.9. The van der Waals surface area contributed by atoms with Gasteiger partial charge in [-0.25, -0.2) is 0 Å². The third-order valence-electron chi connectivity index (χ3n) is 2.53. The largest absolute Gasteiger partial charge is 0.390 e. The molecule has 1 fully saturated rings. The van der Waals surface area contributed by atoms with Gasteiger partial charge in [-0.3, -0.25) is 0 Å². The zero-order chi connectivity index (χ0) is 9.52. The molecule has 0 spiro atoms. The lowest BCUT2D eigenvalue weighted by Gasteiger charge is -2.26. The van der Waals surface area contributed by atoms with E-state index in [1.165, 1.54) is 6.42 Å². The van der Waals surface area contributed by atoms with Gasteiger partial charge in [-0.15, -0.1) is 0 Å². The summed E-state index contributed by atoms with van der Waals surface area (Å²) < 4.78 is 5.51. The smallest absolute Gasteiger partial charge is 0.0833 e. The Bertz CT molecular complexity index is 124. The minimum atomic E-state index is -0.237. The van der Waals surface area contributed by atoms with Gasteiger partial charge in [-0.05, 0) is 38.5 Å². The predicted octanol–water partition coefficient (Wildman–Crippen LogP) is 2.48. The molecule has 0 bridgehead atoms. The van der Waals surface area contributed by atoms with Crippen molar-refractivity contribution in [1.82, 2.24) is 0 Å². The lowest BCUT2D eigenvalue weighted by Crippen LogP contribution is -2.32. The molecule has 0 aliphatic carbocycles. The van der Waals surface area contributed by atoms with Gasteiger partial charge in [0.1, 0.15) is 0 Å². The minimum Gasteiger partial charge on any atom is -0.390 e. The maximum atomic E-state index is 9.76. The monoisotopic (exact) mass is 250 g/mol. The Kier molecular flexibility index (Phi) is 6.00. The molecule has 1 saturated heterocycles. The fourth-order valence-electron chi connectivity index (χ4n) is 1.70. The molecule has 1 aliphatic rings. The van der Waals surface area contributed by atoms with Crippen LogP contribution in [0.2, 0.25) is 0 Å². The first-order valence-corrected chi connectivity index (χ1v) is 6.32. The number of ether oxygens (including phenoxy) is 1. The summed E-state index contributed by atoms with van der Waals surface area (Å²) in [5.74, 6) is 0. The van der Waals surface area contributed by atoms with E-state index in [9.17, 15) is 5.11 Å². The van der Waals surface area contributed by atoms with Crippen LogP contribution in [-0.2, 0) is 4.74 Å². The lowest BCUT2D eigenvalue weighted by molar-refractivity contribution is -0.0647. The number of aliphatic hydroxyl groups is 1. The summed E-state index contributed by atoms with van der Waals surface area (Å²) in [6, 6.07) is 0. The predicted molar refractivity (Wildman–Crippen MR) is 57.2 cm³/mol. The Morgan fingerprint density at radius 2 is 2.23 bits per heavy atom. The van der Waals surface area contributed by atoms with Crippen LogP contribution in [0, 0.1) is 0 Å². The van der Waals surface area contributed by atoms with Crippen LogP contribution in [0.25, 0.3) is 0 Å². The average Bonchev–Trinajstić information content (AvgIpc) is 2.19. The highest BCUT2D eigenvalue weighted by molar-refractivity contribution is 9.09. The molecule has 3 heteroatoms. The van der Waals surface area contributed by atoms with Crippen molar-refractivity contribution in [3.8, 4) is 0 Å². The molecule has 1 aliphatic heterocycles. The second-order valence-electron chi connectivity index (χ2n) is 3.66. The first kappa shape index (κ1) is 11.5. The number of halogens is 1. The molecule has 78 valence electrons. The molecule has 0 aromatic rings. The van der Waals surface area contributed by atoms with Crippen LogP contribution < -0.4 is 0 Å². The SMILES string of the molecule is OC(CCCCBr)C1CCCCO1. The Morgan fingerprint density at radius 3 is 2.85 bits per heavy atom. The number of unbranched alkanes of at least 4 members (excludes halogenated alkanes) is 1. The molecule has 0 amide bonds. The van der Waals surface area contributed by atoms with Gasteiger partial charge in [0.05, 0.1) is 12.2 Å². The van der Waals surface area contributed by atoms with E-state index in [0.717, 1.165) is 44.0 Å². The Hall–Kier alpha value is 0.400. The Morgan fingerprint density at radius 1 is 1.38 bits per heavy atom. The summed E-state index contributed by atoms with van der Waals surface area (Å²) in [5, 5.41) is 10.8. The number of rotatable bonds is 5. The normalized spacial score (nSPS) is 25.8. The van der Waals surface area contributed by atoms with Crippen LogP contribution in [0.4, 0.5) is 0 Å². The fourth-order valence-corrected chi connectivity index (χ4v) is 2.10. The summed E-state index contributed by atoms with van der Waals surface area (Å²) in [7, 11) is 0. The van der Waals surface area contributed by atoms with E-state index in [0.29, 0.717) is 0 Å². The lowest BCUT2D eigenvalue weighted by atomic mass is 10.0. The highest BCUT2D eigenvalue weighted by Crippen LogP contribution is 2.18. The molecule has 1 heterocycles. The maximum absolute atomic E-state index is 9.76. The van der Waals surface area contributed by atoms with E-state index in [1.807, 2.05) is 0 Å². The van der Waals surface area contributed by atoms with Gasteiger partial charge in [0.25, 0.3) is 0 Å². The summed E-state index contributed by atoms with van der Waals surface area (Å²) in [5.41, 5.74) is 0. The Balaban J connectivity index is 2.09. The molecule has 1 N–H and O–H groups in total. The zero-order valence-electron chi connectivity index (χ0n) is 8.04. The van der Waals surface area contributed by atoms with Crippen molar-refractivity contribution in [3.63, 3.8) is 0 Å². The van der Waals surface area contributed by atoms with Crippen molar-refractivity contribution in [1.29, 1.82) is 0 Å². The van der Waals surface area contributed by atoms with Crippen LogP contribution in [0.5, 0.6) is 0 Å². The maximum Gasteiger partial charge on any atom is 0.0833 e. The number of aliphatic hydroxyl groups excluding tert-OH is 1. The van der Waals surface area contributed by atoms with Gasteiger partial charge in [0.2, 0.25) is 0 Å². The van der Waals surface area contributed by atoms with E-state index < -0.39 is 0 Å². The third kappa shape index (κ3) is 4.43. The van der Waals surface area contributed by atoms with E-state index in [4.69, 9.17) is 4.74 Å². The third-order valence-corrected chi connectivity index (χ3v) is 3.09. The van der Waals surface area contributed by atoms with E-state index >= 15 is 0 Å². The number of alkyl halides is 1. The average molecular weight is 251 g/mol. The molecule has 1 rings (SSSR count). The van der Waals surface area contributed by atoms with Crippen LogP contribution >= 0.6 is 15.9 Å². The summed E-state index contributed by atoms with van der Waals surface area (Å²) in [6.45, 7) is 0.834. The van der Waals surface area contributed by atoms with Crippen molar-refractivity contribution in [2.24, 2.45) is 0 Å². The van der Waals surface area contributed by atoms with Crippen molar-refractivity contribution < 1.29 is 9.84 Å². The highest BCUT2D eigenvalue weighted by Gasteiger charge is 2.21. The molecule has 0 aromatic carbocycles. The van der Waals surface area contributed by atoms with Crippen molar-refractivity contribution in [2.45, 2.75) is 50.7 Å². The van der Waals surface area contributed by atoms with Crippen molar-refractivity contribution in [2.75, 3.05) is 11.9 Å².